The maximum absolute atomic E-state index is 12.7. The third-order valence-corrected chi connectivity index (χ3v) is 6.53. The topological polar surface area (TPSA) is 70.2 Å². The lowest BCUT2D eigenvalue weighted by Crippen LogP contribution is -2.49. The molecule has 1 aliphatic carbocycles. The summed E-state index contributed by atoms with van der Waals surface area (Å²) in [6.07, 6.45) is 3.88. The molecule has 7 nitrogen and oxygen atoms in total. The van der Waals surface area contributed by atoms with E-state index in [1.54, 1.807) is 7.11 Å². The minimum atomic E-state index is -0.141. The zero-order chi connectivity index (χ0) is 20.4. The van der Waals surface area contributed by atoms with Crippen LogP contribution < -0.4 is 9.64 Å². The zero-order valence-electron chi connectivity index (χ0n) is 17.0. The van der Waals surface area contributed by atoms with Crippen LogP contribution in [-0.4, -0.2) is 67.4 Å². The first-order valence-corrected chi connectivity index (χ1v) is 10.6. The fourth-order valence-corrected chi connectivity index (χ4v) is 4.84. The third-order valence-electron chi connectivity index (χ3n) is 6.53. The van der Waals surface area contributed by atoms with Crippen molar-refractivity contribution in [2.24, 2.45) is 11.8 Å². The Kier molecular flexibility index (Phi) is 5.74. The summed E-state index contributed by atoms with van der Waals surface area (Å²) in [7, 11) is 1.65. The molecule has 4 rings (SSSR count). The molecule has 3 fully saturated rings. The molecule has 0 unspecified atom stereocenters. The van der Waals surface area contributed by atoms with Crippen molar-refractivity contribution in [1.29, 1.82) is 0 Å². The summed E-state index contributed by atoms with van der Waals surface area (Å²) >= 11 is 0. The maximum atomic E-state index is 12.7. The van der Waals surface area contributed by atoms with E-state index in [0.717, 1.165) is 50.2 Å². The summed E-state index contributed by atoms with van der Waals surface area (Å²) in [6.45, 7) is 3.02. The van der Waals surface area contributed by atoms with Gasteiger partial charge in [-0.05, 0) is 25.0 Å². The number of imide groups is 1. The molecule has 0 N–H and O–H groups in total. The van der Waals surface area contributed by atoms with Crippen LogP contribution in [0.3, 0.4) is 0 Å². The first kappa shape index (κ1) is 19.7. The number of piperazine rings is 1. The van der Waals surface area contributed by atoms with E-state index in [1.165, 1.54) is 4.90 Å². The van der Waals surface area contributed by atoms with Crippen LogP contribution in [0, 0.1) is 11.8 Å². The average molecular weight is 399 g/mol. The van der Waals surface area contributed by atoms with E-state index in [-0.39, 0.29) is 42.5 Å². The zero-order valence-corrected chi connectivity index (χ0v) is 17.0. The quantitative estimate of drug-likeness (QED) is 0.708. The van der Waals surface area contributed by atoms with Crippen LogP contribution in [0.1, 0.15) is 32.1 Å². The number of benzene rings is 1. The summed E-state index contributed by atoms with van der Waals surface area (Å²) in [5, 5.41) is 0. The van der Waals surface area contributed by atoms with Crippen LogP contribution in [0.5, 0.6) is 5.75 Å². The number of likely N-dealkylation sites (tertiary alicyclic amines) is 1. The highest BCUT2D eigenvalue weighted by Crippen LogP contribution is 2.38. The first-order valence-electron chi connectivity index (χ1n) is 10.6. The highest BCUT2D eigenvalue weighted by molar-refractivity contribution is 6.05. The van der Waals surface area contributed by atoms with Gasteiger partial charge in [0.2, 0.25) is 17.7 Å². The van der Waals surface area contributed by atoms with Crippen molar-refractivity contribution < 1.29 is 19.1 Å². The predicted molar refractivity (Wildman–Crippen MR) is 109 cm³/mol. The van der Waals surface area contributed by atoms with E-state index in [0.29, 0.717) is 13.1 Å². The van der Waals surface area contributed by atoms with Gasteiger partial charge in [-0.3, -0.25) is 19.3 Å². The first-order chi connectivity index (χ1) is 14.1. The van der Waals surface area contributed by atoms with Gasteiger partial charge >= 0.3 is 0 Å². The van der Waals surface area contributed by atoms with Crippen molar-refractivity contribution in [2.45, 2.75) is 32.1 Å². The van der Waals surface area contributed by atoms with Gasteiger partial charge in [0.15, 0.2) is 0 Å². The molecule has 2 atom stereocenters. The fourth-order valence-electron chi connectivity index (χ4n) is 4.84. The molecule has 1 aromatic carbocycles. The number of fused-ring (bicyclic) bond motifs is 1. The summed E-state index contributed by atoms with van der Waals surface area (Å²) in [5.41, 5.74) is 1.09. The van der Waals surface area contributed by atoms with Gasteiger partial charge < -0.3 is 14.5 Å². The van der Waals surface area contributed by atoms with Crippen molar-refractivity contribution >= 4 is 23.4 Å². The van der Waals surface area contributed by atoms with Gasteiger partial charge in [0.25, 0.3) is 0 Å². The Balaban J connectivity index is 1.28. The molecule has 3 aliphatic rings. The van der Waals surface area contributed by atoms with Crippen molar-refractivity contribution in [3.8, 4) is 5.75 Å². The molecule has 156 valence electrons. The molecule has 3 amide bonds. The number of anilines is 1. The predicted octanol–water partition coefficient (Wildman–Crippen LogP) is 1.91. The molecule has 0 aromatic heterocycles. The van der Waals surface area contributed by atoms with Crippen LogP contribution in [-0.2, 0) is 14.4 Å². The Bertz CT molecular complexity index is 764. The van der Waals surface area contributed by atoms with E-state index in [1.807, 2.05) is 29.2 Å². The monoisotopic (exact) mass is 399 g/mol. The molecule has 0 bridgehead atoms. The SMILES string of the molecule is COc1cccc(N2CCN(C(=O)CCN3C(=O)[C@@H]4CCCC[C@H]4C3=O)CC2)c1. The van der Waals surface area contributed by atoms with E-state index in [4.69, 9.17) is 4.74 Å². The Labute approximate surface area is 171 Å². The van der Waals surface area contributed by atoms with Gasteiger partial charge in [-0.25, -0.2) is 0 Å². The van der Waals surface area contributed by atoms with Gasteiger partial charge in [-0.15, -0.1) is 0 Å². The molecular formula is C22H29N3O4. The van der Waals surface area contributed by atoms with Crippen LogP contribution in [0.4, 0.5) is 5.69 Å². The molecule has 2 aliphatic heterocycles. The van der Waals surface area contributed by atoms with E-state index >= 15 is 0 Å². The molecule has 0 spiro atoms. The Morgan fingerprint density at radius 2 is 1.69 bits per heavy atom. The van der Waals surface area contributed by atoms with Crippen molar-refractivity contribution in [1.82, 2.24) is 9.80 Å². The summed E-state index contributed by atoms with van der Waals surface area (Å²) in [6, 6.07) is 7.93. The van der Waals surface area contributed by atoms with Crippen LogP contribution in [0.25, 0.3) is 0 Å². The lowest BCUT2D eigenvalue weighted by molar-refractivity contribution is -0.140. The number of hydrogen-bond acceptors (Lipinski definition) is 5. The normalized spacial score (nSPS) is 24.7. The maximum Gasteiger partial charge on any atom is 0.233 e. The lowest BCUT2D eigenvalue weighted by Gasteiger charge is -2.36. The molecule has 0 radical (unpaired) electrons. The van der Waals surface area contributed by atoms with Gasteiger partial charge in [-0.1, -0.05) is 18.9 Å². The van der Waals surface area contributed by atoms with Crippen LogP contribution >= 0.6 is 0 Å². The second-order valence-corrected chi connectivity index (χ2v) is 8.14. The highest BCUT2D eigenvalue weighted by atomic mass is 16.5. The van der Waals surface area contributed by atoms with Crippen LogP contribution in [0.15, 0.2) is 24.3 Å². The highest BCUT2D eigenvalue weighted by Gasteiger charge is 2.47. The van der Waals surface area contributed by atoms with Crippen LogP contribution in [0.2, 0.25) is 0 Å². The Morgan fingerprint density at radius 1 is 1.03 bits per heavy atom. The second-order valence-electron chi connectivity index (χ2n) is 8.14. The molecule has 7 heteroatoms. The number of hydrogen-bond donors (Lipinski definition) is 0. The lowest BCUT2D eigenvalue weighted by atomic mass is 9.81. The van der Waals surface area contributed by atoms with Gasteiger partial charge in [0.1, 0.15) is 5.75 Å². The molecule has 29 heavy (non-hydrogen) atoms. The Morgan fingerprint density at radius 3 is 2.31 bits per heavy atom. The van der Waals surface area contributed by atoms with Crippen molar-refractivity contribution in [3.05, 3.63) is 24.3 Å². The smallest absolute Gasteiger partial charge is 0.233 e. The number of methoxy groups -OCH3 is 1. The number of carbonyl (C=O) groups excluding carboxylic acids is 3. The number of nitrogens with zero attached hydrogens (tertiary/aromatic N) is 3. The van der Waals surface area contributed by atoms with E-state index in [2.05, 4.69) is 4.90 Å². The van der Waals surface area contributed by atoms with E-state index in [9.17, 15) is 14.4 Å². The number of ether oxygens (including phenoxy) is 1. The molecule has 2 saturated heterocycles. The van der Waals surface area contributed by atoms with Crippen molar-refractivity contribution in [3.63, 3.8) is 0 Å². The summed E-state index contributed by atoms with van der Waals surface area (Å²) in [5.74, 6) is 0.438. The molecule has 1 saturated carbocycles. The number of rotatable bonds is 5. The van der Waals surface area contributed by atoms with Gasteiger partial charge in [0.05, 0.1) is 18.9 Å². The molecular weight excluding hydrogens is 370 g/mol. The average Bonchev–Trinajstić information content (AvgIpc) is 3.02. The fraction of sp³-hybridized carbons (Fsp3) is 0.591. The summed E-state index contributed by atoms with van der Waals surface area (Å²) in [4.78, 5) is 43.2. The molecule has 2 heterocycles. The number of carbonyl (C=O) groups is 3. The summed E-state index contributed by atoms with van der Waals surface area (Å²) < 4.78 is 5.29. The standard InChI is InChI=1S/C22H29N3O4/c1-29-17-6-4-5-16(15-17)23-11-13-24(14-12-23)20(26)9-10-25-21(27)18-7-2-3-8-19(18)22(25)28/h4-6,15,18-19H,2-3,7-14H2,1H3/t18-,19-/m1/s1. The number of amides is 3. The van der Waals surface area contributed by atoms with Gasteiger partial charge in [-0.2, -0.15) is 0 Å². The second kappa shape index (κ2) is 8.43. The minimum Gasteiger partial charge on any atom is -0.497 e. The Hall–Kier alpha value is -2.57. The molecule has 1 aromatic rings. The van der Waals surface area contributed by atoms with E-state index < -0.39 is 0 Å². The van der Waals surface area contributed by atoms with Gasteiger partial charge in [0, 0.05) is 50.9 Å². The van der Waals surface area contributed by atoms with Crippen molar-refractivity contribution in [2.75, 3.05) is 44.7 Å². The largest absolute Gasteiger partial charge is 0.497 e. The third kappa shape index (κ3) is 3.95. The minimum absolute atomic E-state index is 0.0192.